The van der Waals surface area contributed by atoms with E-state index >= 15 is 0 Å². The van der Waals surface area contributed by atoms with Crippen LogP contribution in [0.2, 0.25) is 0 Å². The number of hydrogen-bond acceptors (Lipinski definition) is 3. The van der Waals surface area contributed by atoms with Gasteiger partial charge in [0.05, 0.1) is 0 Å². The Morgan fingerprint density at radius 3 is 1.50 bits per heavy atom. The van der Waals surface area contributed by atoms with Gasteiger partial charge in [-0.2, -0.15) is 11.8 Å². The molecule has 1 amide bonds. The average Bonchev–Trinajstić information content (AvgIpc) is 2.65. The largest absolute Gasteiger partial charge is 0.480 e. The van der Waals surface area contributed by atoms with Crippen molar-refractivity contribution >= 4 is 23.6 Å². The summed E-state index contributed by atoms with van der Waals surface area (Å²) in [6, 6.07) is -0.761. The highest BCUT2D eigenvalue weighted by molar-refractivity contribution is 7.99. The van der Waals surface area contributed by atoms with E-state index in [2.05, 4.69) is 12.2 Å². The average molecular weight is 416 g/mol. The monoisotopic (exact) mass is 415 g/mol. The van der Waals surface area contributed by atoms with Crippen LogP contribution in [-0.4, -0.2) is 34.5 Å². The molecule has 4 nitrogen and oxygen atoms in total. The molecule has 0 unspecified atom stereocenters. The number of carbonyl (C=O) groups excluding carboxylic acids is 1. The Labute approximate surface area is 178 Å². The minimum Gasteiger partial charge on any atom is -0.480 e. The van der Waals surface area contributed by atoms with Crippen LogP contribution in [0.1, 0.15) is 117 Å². The fourth-order valence-corrected chi connectivity index (χ4v) is 4.41. The Balaban J connectivity index is 3.23. The van der Waals surface area contributed by atoms with Gasteiger partial charge in [-0.3, -0.25) is 4.79 Å². The first-order valence-corrected chi connectivity index (χ1v) is 12.8. The first-order chi connectivity index (χ1) is 13.6. The van der Waals surface area contributed by atoms with E-state index in [-0.39, 0.29) is 5.91 Å². The second kappa shape index (κ2) is 21.0. The molecule has 0 saturated heterocycles. The third kappa shape index (κ3) is 20.0. The van der Waals surface area contributed by atoms with E-state index in [1.807, 2.05) is 0 Å². The fourth-order valence-electron chi connectivity index (χ4n) is 3.37. The lowest BCUT2D eigenvalue weighted by molar-refractivity contribution is -0.140. The molecular weight excluding hydrogens is 370 g/mol. The van der Waals surface area contributed by atoms with Crippen molar-refractivity contribution in [2.24, 2.45) is 0 Å². The molecular formula is C23H45NO3S. The minimum atomic E-state index is -0.949. The van der Waals surface area contributed by atoms with Crippen molar-refractivity contribution in [2.45, 2.75) is 123 Å². The van der Waals surface area contributed by atoms with Crippen LogP contribution in [0.4, 0.5) is 0 Å². The highest BCUT2D eigenvalue weighted by Crippen LogP contribution is 2.14. The molecule has 0 radical (unpaired) electrons. The van der Waals surface area contributed by atoms with E-state index in [0.29, 0.717) is 5.75 Å². The van der Waals surface area contributed by atoms with Crippen LogP contribution >= 0.6 is 11.8 Å². The standard InChI is InChI=1S/C23H45NO3S/c1-3-4-5-6-7-8-9-10-11-12-13-14-15-16-17-18-19-28-20-22(23(26)27)24-21(2)25/h22H,3-20H2,1-2H3,(H,24,25)(H,26,27)/t22-/m1/s1. The van der Waals surface area contributed by atoms with Crippen LogP contribution in [0.5, 0.6) is 0 Å². The molecule has 166 valence electrons. The smallest absolute Gasteiger partial charge is 0.327 e. The Bertz CT molecular complexity index is 377. The van der Waals surface area contributed by atoms with E-state index in [4.69, 9.17) is 5.11 Å². The maximum Gasteiger partial charge on any atom is 0.327 e. The molecule has 0 heterocycles. The van der Waals surface area contributed by atoms with Crippen molar-refractivity contribution in [1.29, 1.82) is 0 Å². The van der Waals surface area contributed by atoms with Crippen molar-refractivity contribution in [2.75, 3.05) is 11.5 Å². The van der Waals surface area contributed by atoms with Gasteiger partial charge in [-0.05, 0) is 12.2 Å². The van der Waals surface area contributed by atoms with Gasteiger partial charge in [0.2, 0.25) is 5.91 Å². The predicted molar refractivity (Wildman–Crippen MR) is 122 cm³/mol. The summed E-state index contributed by atoms with van der Waals surface area (Å²) in [4.78, 5) is 22.0. The second-order valence-electron chi connectivity index (χ2n) is 7.97. The summed E-state index contributed by atoms with van der Waals surface area (Å²) in [5.41, 5.74) is 0. The van der Waals surface area contributed by atoms with Crippen LogP contribution in [0.15, 0.2) is 0 Å². The number of hydrogen-bond donors (Lipinski definition) is 2. The normalized spacial score (nSPS) is 12.1. The van der Waals surface area contributed by atoms with Gasteiger partial charge in [0, 0.05) is 12.7 Å². The van der Waals surface area contributed by atoms with Gasteiger partial charge in [-0.15, -0.1) is 0 Å². The summed E-state index contributed by atoms with van der Waals surface area (Å²) in [5.74, 6) is 0.195. The first-order valence-electron chi connectivity index (χ1n) is 11.7. The maximum absolute atomic E-state index is 11.0. The third-order valence-electron chi connectivity index (χ3n) is 5.10. The number of thioether (sulfide) groups is 1. The molecule has 0 aromatic rings. The van der Waals surface area contributed by atoms with Gasteiger partial charge in [0.25, 0.3) is 0 Å². The van der Waals surface area contributed by atoms with Gasteiger partial charge in [0.15, 0.2) is 0 Å². The molecule has 0 spiro atoms. The molecule has 0 saturated carbocycles. The number of carboxylic acids is 1. The molecule has 0 aromatic heterocycles. The quantitative estimate of drug-likeness (QED) is 0.208. The number of unbranched alkanes of at least 4 members (excludes halogenated alkanes) is 15. The van der Waals surface area contributed by atoms with Gasteiger partial charge in [-0.25, -0.2) is 4.79 Å². The Kier molecular flexibility index (Phi) is 20.5. The lowest BCUT2D eigenvalue weighted by atomic mass is 10.0. The zero-order valence-corrected chi connectivity index (χ0v) is 19.3. The van der Waals surface area contributed by atoms with Gasteiger partial charge >= 0.3 is 5.97 Å². The molecule has 0 aromatic carbocycles. The highest BCUT2D eigenvalue weighted by Gasteiger charge is 2.17. The molecule has 2 N–H and O–H groups in total. The molecule has 0 rings (SSSR count). The fraction of sp³-hybridized carbons (Fsp3) is 0.913. The van der Waals surface area contributed by atoms with Crippen LogP contribution in [0, 0.1) is 0 Å². The highest BCUT2D eigenvalue weighted by atomic mass is 32.2. The maximum atomic E-state index is 11.0. The SMILES string of the molecule is CCCCCCCCCCCCCCCCCCSC[C@@H](NC(C)=O)C(=O)O. The van der Waals surface area contributed by atoms with Crippen molar-refractivity contribution < 1.29 is 14.7 Å². The van der Waals surface area contributed by atoms with E-state index < -0.39 is 12.0 Å². The van der Waals surface area contributed by atoms with E-state index in [0.717, 1.165) is 12.2 Å². The zero-order valence-electron chi connectivity index (χ0n) is 18.5. The molecule has 28 heavy (non-hydrogen) atoms. The molecule has 1 atom stereocenters. The molecule has 0 aliphatic heterocycles. The molecule has 0 bridgehead atoms. The number of aliphatic carboxylic acids is 1. The summed E-state index contributed by atoms with van der Waals surface area (Å²) in [5, 5.41) is 11.5. The topological polar surface area (TPSA) is 66.4 Å². The minimum absolute atomic E-state index is 0.282. The Hall–Kier alpha value is -0.710. The first kappa shape index (κ1) is 27.3. The van der Waals surface area contributed by atoms with Crippen LogP contribution in [-0.2, 0) is 9.59 Å². The zero-order chi connectivity index (χ0) is 20.9. The summed E-state index contributed by atoms with van der Waals surface area (Å²) in [6.07, 6.45) is 21.8. The van der Waals surface area contributed by atoms with Crippen molar-refractivity contribution in [1.82, 2.24) is 5.32 Å². The predicted octanol–water partition coefficient (Wildman–Crippen LogP) is 6.57. The van der Waals surface area contributed by atoms with Gasteiger partial charge in [0.1, 0.15) is 6.04 Å². The molecule has 5 heteroatoms. The Morgan fingerprint density at radius 2 is 1.14 bits per heavy atom. The molecule has 0 aliphatic carbocycles. The second-order valence-corrected chi connectivity index (χ2v) is 9.12. The van der Waals surface area contributed by atoms with Crippen molar-refractivity contribution in [3.8, 4) is 0 Å². The lowest BCUT2D eigenvalue weighted by Crippen LogP contribution is -2.41. The van der Waals surface area contributed by atoms with Crippen LogP contribution < -0.4 is 5.32 Å². The number of nitrogens with one attached hydrogen (secondary N) is 1. The summed E-state index contributed by atoms with van der Waals surface area (Å²) in [7, 11) is 0. The number of carboxylic acid groups (broad SMARTS) is 1. The van der Waals surface area contributed by atoms with Crippen molar-refractivity contribution in [3.05, 3.63) is 0 Å². The van der Waals surface area contributed by atoms with E-state index in [9.17, 15) is 9.59 Å². The number of carbonyl (C=O) groups is 2. The van der Waals surface area contributed by atoms with E-state index in [1.54, 1.807) is 11.8 Å². The van der Waals surface area contributed by atoms with Gasteiger partial charge in [-0.1, -0.05) is 103 Å². The molecule has 0 fully saturated rings. The summed E-state index contributed by atoms with van der Waals surface area (Å²) in [6.45, 7) is 3.63. The number of rotatable bonds is 21. The number of amides is 1. The van der Waals surface area contributed by atoms with Crippen molar-refractivity contribution in [3.63, 3.8) is 0 Å². The Morgan fingerprint density at radius 1 is 0.750 bits per heavy atom. The van der Waals surface area contributed by atoms with E-state index in [1.165, 1.54) is 103 Å². The summed E-state index contributed by atoms with van der Waals surface area (Å²) < 4.78 is 0. The van der Waals surface area contributed by atoms with Gasteiger partial charge < -0.3 is 10.4 Å². The summed E-state index contributed by atoms with van der Waals surface area (Å²) >= 11 is 1.62. The molecule has 0 aliphatic rings. The van der Waals surface area contributed by atoms with Crippen LogP contribution in [0.3, 0.4) is 0 Å². The lowest BCUT2D eigenvalue weighted by Gasteiger charge is -2.12. The third-order valence-corrected chi connectivity index (χ3v) is 6.25. The van der Waals surface area contributed by atoms with Crippen LogP contribution in [0.25, 0.3) is 0 Å².